The number of benzene rings is 3. The summed E-state index contributed by atoms with van der Waals surface area (Å²) < 4.78 is 24.4. The number of hydrogen-bond acceptors (Lipinski definition) is 3. The first-order valence-corrected chi connectivity index (χ1v) is 18.4. The van der Waals surface area contributed by atoms with Gasteiger partial charge in [-0.2, -0.15) is 0 Å². The van der Waals surface area contributed by atoms with E-state index in [0.717, 1.165) is 63.6 Å². The van der Waals surface area contributed by atoms with Crippen molar-refractivity contribution in [2.45, 2.75) is 100 Å². The smallest absolute Gasteiger partial charge is 0.192 e. The molecule has 264 valence electrons. The maximum Gasteiger partial charge on any atom is 0.192 e. The van der Waals surface area contributed by atoms with E-state index in [1.807, 2.05) is 24.3 Å². The molecule has 0 saturated heterocycles. The van der Waals surface area contributed by atoms with Gasteiger partial charge in [-0.3, -0.25) is 4.79 Å². The number of allylic oxidation sites excluding steroid dienone is 2. The molecule has 0 radical (unpaired) electrons. The van der Waals surface area contributed by atoms with Crippen molar-refractivity contribution in [1.82, 2.24) is 9.88 Å². The Labute approximate surface area is 298 Å². The quantitative estimate of drug-likeness (QED) is 0.0815. The molecule has 0 fully saturated rings. The van der Waals surface area contributed by atoms with Crippen LogP contribution in [0.3, 0.4) is 0 Å². The minimum Gasteiger partial charge on any atom is -0.493 e. The fraction of sp³-hybridized carbons (Fsp3) is 0.476. The Hall–Kier alpha value is -3.48. The molecule has 1 aliphatic heterocycles. The molecule has 1 N–H and O–H groups in total. The number of rotatable bonds is 14. The van der Waals surface area contributed by atoms with Crippen LogP contribution >= 0.6 is 11.6 Å². The SMILES string of the molecule is CCCNCCC.CCCn1c(C(=O)CC(C)(C)C)c(CCCOc2cccc3cc(F)ccc23)c2ccc(Cl)c(C3=C(C)[N+](C)=C3C)c21. The van der Waals surface area contributed by atoms with Crippen LogP contribution in [0.5, 0.6) is 5.75 Å². The van der Waals surface area contributed by atoms with E-state index in [2.05, 4.69) is 83.0 Å². The number of ketones is 1. The van der Waals surface area contributed by atoms with Crippen molar-refractivity contribution in [3.05, 3.63) is 81.9 Å². The first-order valence-electron chi connectivity index (χ1n) is 18.0. The molecule has 0 aliphatic carbocycles. The van der Waals surface area contributed by atoms with Gasteiger partial charge in [0.05, 0.1) is 22.8 Å². The van der Waals surface area contributed by atoms with Gasteiger partial charge < -0.3 is 14.6 Å². The Morgan fingerprint density at radius 3 is 2.31 bits per heavy atom. The van der Waals surface area contributed by atoms with Crippen LogP contribution in [0.15, 0.2) is 54.2 Å². The van der Waals surface area contributed by atoms with Crippen LogP contribution in [0.25, 0.3) is 27.2 Å². The minimum absolute atomic E-state index is 0.139. The van der Waals surface area contributed by atoms with Gasteiger partial charge in [-0.15, -0.1) is 0 Å². The number of carbonyl (C=O) groups is 1. The molecule has 0 atom stereocenters. The number of ether oxygens (including phenoxy) is 1. The molecule has 4 aromatic rings. The molecule has 49 heavy (non-hydrogen) atoms. The molecule has 5 nitrogen and oxygen atoms in total. The zero-order valence-corrected chi connectivity index (χ0v) is 31.9. The molecule has 0 unspecified atom stereocenters. The summed E-state index contributed by atoms with van der Waals surface area (Å²) in [6, 6.07) is 14.5. The topological polar surface area (TPSA) is 46.3 Å². The fourth-order valence-corrected chi connectivity index (χ4v) is 6.98. The fourth-order valence-electron chi connectivity index (χ4n) is 6.73. The van der Waals surface area contributed by atoms with Gasteiger partial charge in [-0.25, -0.2) is 8.97 Å². The Morgan fingerprint density at radius 2 is 1.67 bits per heavy atom. The number of Topliss-reactive ketones (excluding diaryl/α,β-unsaturated/α-hetero) is 1. The van der Waals surface area contributed by atoms with E-state index in [-0.39, 0.29) is 17.0 Å². The molecule has 0 amide bonds. The molecule has 0 saturated carbocycles. The number of carbonyl (C=O) groups excluding carboxylic acids is 1. The second-order valence-corrected chi connectivity index (χ2v) is 14.8. The number of hydrogen-bond donors (Lipinski definition) is 1. The van der Waals surface area contributed by atoms with Crippen molar-refractivity contribution in [2.75, 3.05) is 26.7 Å². The van der Waals surface area contributed by atoms with Crippen LogP contribution in [0, 0.1) is 11.2 Å². The molecule has 2 heterocycles. The molecular weight excluding hydrogens is 633 g/mol. The molecule has 0 spiro atoms. The van der Waals surface area contributed by atoms with Crippen molar-refractivity contribution >= 4 is 50.3 Å². The van der Waals surface area contributed by atoms with Crippen LogP contribution in [-0.4, -0.2) is 47.4 Å². The number of nitrogens with one attached hydrogen (secondary N) is 1. The lowest BCUT2D eigenvalue weighted by Gasteiger charge is -2.21. The number of aryl methyl sites for hydroxylation is 2. The van der Waals surface area contributed by atoms with E-state index in [9.17, 15) is 9.18 Å². The third-order valence-electron chi connectivity index (χ3n) is 9.14. The van der Waals surface area contributed by atoms with Gasteiger partial charge in [-0.05, 0) is 91.9 Å². The molecule has 7 heteroatoms. The second-order valence-electron chi connectivity index (χ2n) is 14.4. The summed E-state index contributed by atoms with van der Waals surface area (Å²) in [6.07, 6.45) is 5.28. The minimum atomic E-state index is -0.262. The summed E-state index contributed by atoms with van der Waals surface area (Å²) in [4.78, 5) is 14.1. The highest BCUT2D eigenvalue weighted by Crippen LogP contribution is 2.42. The average molecular weight is 689 g/mol. The summed E-state index contributed by atoms with van der Waals surface area (Å²) in [7, 11) is 2.07. The monoisotopic (exact) mass is 688 g/mol. The number of fused-ring (bicyclic) bond motifs is 2. The van der Waals surface area contributed by atoms with Crippen LogP contribution in [0.1, 0.15) is 109 Å². The number of aromatic nitrogens is 1. The van der Waals surface area contributed by atoms with Crippen molar-refractivity contribution in [3.63, 3.8) is 0 Å². The normalized spacial score (nSPS) is 13.2. The van der Waals surface area contributed by atoms with Gasteiger partial charge in [0.15, 0.2) is 17.2 Å². The average Bonchev–Trinajstić information content (AvgIpc) is 3.36. The maximum absolute atomic E-state index is 14.1. The Bertz CT molecular complexity index is 1860. The molecule has 5 rings (SSSR count). The summed E-state index contributed by atoms with van der Waals surface area (Å²) in [5, 5.41) is 6.78. The van der Waals surface area contributed by atoms with Crippen LogP contribution in [0.4, 0.5) is 4.39 Å². The lowest BCUT2D eigenvalue weighted by molar-refractivity contribution is -0.451. The molecule has 3 aromatic carbocycles. The van der Waals surface area contributed by atoms with E-state index in [0.29, 0.717) is 24.5 Å². The second kappa shape index (κ2) is 17.0. The molecular formula is C42H56ClFN3O2+. The summed E-state index contributed by atoms with van der Waals surface area (Å²) in [6.45, 7) is 20.7. The van der Waals surface area contributed by atoms with Crippen LogP contribution < -0.4 is 10.1 Å². The van der Waals surface area contributed by atoms with Crippen molar-refractivity contribution < 1.29 is 18.5 Å². The first-order chi connectivity index (χ1) is 23.3. The van der Waals surface area contributed by atoms with Gasteiger partial charge in [0, 0.05) is 43.1 Å². The highest BCUT2D eigenvalue weighted by atomic mass is 35.5. The van der Waals surface area contributed by atoms with E-state index in [1.54, 1.807) is 6.07 Å². The molecule has 0 bridgehead atoms. The van der Waals surface area contributed by atoms with Gasteiger partial charge >= 0.3 is 0 Å². The van der Waals surface area contributed by atoms with Crippen LogP contribution in [-0.2, 0) is 13.0 Å². The zero-order chi connectivity index (χ0) is 35.9. The Morgan fingerprint density at radius 1 is 0.980 bits per heavy atom. The van der Waals surface area contributed by atoms with E-state index >= 15 is 0 Å². The van der Waals surface area contributed by atoms with Gasteiger partial charge in [0.1, 0.15) is 24.2 Å². The summed E-state index contributed by atoms with van der Waals surface area (Å²) in [5.74, 6) is 0.641. The third-order valence-corrected chi connectivity index (χ3v) is 9.46. The van der Waals surface area contributed by atoms with Gasteiger partial charge in [-0.1, -0.05) is 71.3 Å². The predicted octanol–water partition coefficient (Wildman–Crippen LogP) is 10.9. The zero-order valence-electron chi connectivity index (χ0n) is 31.2. The predicted molar refractivity (Wildman–Crippen MR) is 206 cm³/mol. The van der Waals surface area contributed by atoms with E-state index in [1.165, 1.54) is 55.0 Å². The number of nitrogens with zero attached hydrogens (tertiary/aromatic N) is 2. The third kappa shape index (κ3) is 8.82. The lowest BCUT2D eigenvalue weighted by atomic mass is 9.88. The van der Waals surface area contributed by atoms with Crippen molar-refractivity contribution in [1.29, 1.82) is 0 Å². The summed E-state index contributed by atoms with van der Waals surface area (Å²) in [5.41, 5.74) is 7.32. The van der Waals surface area contributed by atoms with Gasteiger partial charge in [0.2, 0.25) is 0 Å². The van der Waals surface area contributed by atoms with E-state index < -0.39 is 0 Å². The largest absolute Gasteiger partial charge is 0.493 e. The highest BCUT2D eigenvalue weighted by Gasteiger charge is 2.36. The number of halogens is 2. The lowest BCUT2D eigenvalue weighted by Crippen LogP contribution is -2.27. The summed E-state index contributed by atoms with van der Waals surface area (Å²) >= 11 is 6.95. The van der Waals surface area contributed by atoms with Crippen molar-refractivity contribution in [2.24, 2.45) is 5.41 Å². The maximum atomic E-state index is 14.1. The molecule has 1 aromatic heterocycles. The van der Waals surface area contributed by atoms with Crippen molar-refractivity contribution in [3.8, 4) is 5.75 Å². The van der Waals surface area contributed by atoms with E-state index in [4.69, 9.17) is 16.3 Å². The van der Waals surface area contributed by atoms with Crippen LogP contribution in [0.2, 0.25) is 5.02 Å². The standard InChI is InChI=1S/C36H41ClFN2O2.C6H15N/c1-8-18-40-34(30(41)21-36(4,5)6)27(12-10-19-42-31-13-9-11-24-20-25(38)14-15-26(24)31)28-16-17-29(37)33(35(28)40)32-22(2)39(7)23(32)3;1-3-5-7-6-4-2/h9,11,13-17,20H,8,10,12,18-19,21H2,1-7H3;7H,3-6H2,1-2H3/q+1;. The molecule has 1 aliphatic rings. The Kier molecular flexibility index (Phi) is 13.3. The van der Waals surface area contributed by atoms with Gasteiger partial charge in [0.25, 0.3) is 0 Å². The Balaban J connectivity index is 0.000000698. The first kappa shape index (κ1) is 38.3. The highest BCUT2D eigenvalue weighted by molar-refractivity contribution is 6.38.